The summed E-state index contributed by atoms with van der Waals surface area (Å²) in [6.45, 7) is 5.38. The first-order valence-electron chi connectivity index (χ1n) is 10.1. The highest BCUT2D eigenvalue weighted by Crippen LogP contribution is 2.24. The number of ether oxygens (including phenoxy) is 1. The Hall–Kier alpha value is -3.64. The molecule has 1 aliphatic heterocycles. The number of hydrogen-bond donors (Lipinski definition) is 4. The fourth-order valence-electron chi connectivity index (χ4n) is 3.57. The van der Waals surface area contributed by atoms with Gasteiger partial charge in [0.25, 0.3) is 5.56 Å². The van der Waals surface area contributed by atoms with Crippen LogP contribution in [0.5, 0.6) is 0 Å². The second-order valence-corrected chi connectivity index (χ2v) is 8.65. The predicted octanol–water partition coefficient (Wildman–Crippen LogP) is -0.894. The molecular formula is C19H27N7O6. The fraction of sp³-hybridized carbons (Fsp3) is 0.579. The van der Waals surface area contributed by atoms with Crippen molar-refractivity contribution in [2.24, 2.45) is 11.8 Å². The van der Waals surface area contributed by atoms with E-state index in [4.69, 9.17) is 4.74 Å². The summed E-state index contributed by atoms with van der Waals surface area (Å²) in [5.41, 5.74) is -1.84. The minimum atomic E-state index is -0.716. The summed E-state index contributed by atoms with van der Waals surface area (Å²) in [6, 6.07) is 0. The topological polar surface area (TPSA) is 171 Å². The normalized spacial score (nSPS) is 18.9. The Morgan fingerprint density at radius 1 is 1.16 bits per heavy atom. The lowest BCUT2D eigenvalue weighted by Gasteiger charge is -2.37. The van der Waals surface area contributed by atoms with E-state index in [1.807, 2.05) is 0 Å². The molecule has 0 aliphatic carbocycles. The zero-order valence-electron chi connectivity index (χ0n) is 18.4. The van der Waals surface area contributed by atoms with Gasteiger partial charge in [-0.25, -0.2) is 14.6 Å². The molecule has 0 saturated carbocycles. The molecular weight excluding hydrogens is 422 g/mol. The van der Waals surface area contributed by atoms with Gasteiger partial charge >= 0.3 is 11.8 Å². The number of aromatic amines is 2. The van der Waals surface area contributed by atoms with E-state index < -0.39 is 34.8 Å². The van der Waals surface area contributed by atoms with E-state index in [-0.39, 0.29) is 49.2 Å². The molecule has 3 heterocycles. The van der Waals surface area contributed by atoms with Crippen LogP contribution in [0.4, 0.5) is 4.79 Å². The molecule has 0 bridgehead atoms. The van der Waals surface area contributed by atoms with Gasteiger partial charge in [0, 0.05) is 20.1 Å². The lowest BCUT2D eigenvalue weighted by molar-refractivity contribution is -0.131. The molecule has 32 heavy (non-hydrogen) atoms. The zero-order valence-corrected chi connectivity index (χ0v) is 18.4. The van der Waals surface area contributed by atoms with Crippen molar-refractivity contribution in [3.63, 3.8) is 0 Å². The molecule has 2 aromatic rings. The van der Waals surface area contributed by atoms with Crippen molar-refractivity contribution in [3.05, 3.63) is 27.2 Å². The van der Waals surface area contributed by atoms with Crippen molar-refractivity contribution < 1.29 is 19.1 Å². The number of carbonyl (C=O) groups is 3. The molecule has 2 aromatic heterocycles. The number of fused-ring (bicyclic) bond motifs is 1. The number of likely N-dealkylation sites (tertiary alicyclic amines) is 1. The molecule has 13 heteroatoms. The number of aromatic nitrogens is 4. The first kappa shape index (κ1) is 23.0. The quantitative estimate of drug-likeness (QED) is 0.469. The molecule has 13 nitrogen and oxygen atoms in total. The van der Waals surface area contributed by atoms with Crippen LogP contribution < -0.4 is 21.9 Å². The molecule has 0 radical (unpaired) electrons. The van der Waals surface area contributed by atoms with Crippen molar-refractivity contribution in [1.82, 2.24) is 35.1 Å². The van der Waals surface area contributed by atoms with E-state index in [0.29, 0.717) is 0 Å². The van der Waals surface area contributed by atoms with Gasteiger partial charge in [-0.05, 0) is 27.2 Å². The minimum Gasteiger partial charge on any atom is -0.444 e. The second kappa shape index (κ2) is 8.85. The van der Waals surface area contributed by atoms with Crippen LogP contribution in [-0.2, 0) is 21.0 Å². The summed E-state index contributed by atoms with van der Waals surface area (Å²) >= 11 is 0. The number of rotatable bonds is 4. The van der Waals surface area contributed by atoms with Crippen LogP contribution in [0, 0.1) is 11.8 Å². The molecule has 1 saturated heterocycles. The molecule has 174 valence electrons. The number of hydrogen-bond acceptors (Lipinski definition) is 7. The van der Waals surface area contributed by atoms with Crippen LogP contribution in [0.15, 0.2) is 15.9 Å². The Morgan fingerprint density at radius 2 is 1.81 bits per heavy atom. The lowest BCUT2D eigenvalue weighted by Crippen LogP contribution is -2.52. The Morgan fingerprint density at radius 3 is 2.44 bits per heavy atom. The number of amides is 3. The van der Waals surface area contributed by atoms with E-state index in [9.17, 15) is 24.0 Å². The summed E-state index contributed by atoms with van der Waals surface area (Å²) < 4.78 is 6.81. The highest BCUT2D eigenvalue weighted by atomic mass is 16.6. The number of H-pyrrole nitrogens is 2. The number of nitrogens with one attached hydrogen (secondary N) is 4. The standard InChI is InChI=1S/C19H27N7O6/c1-19(2,3)32-18(31)25-6-10(14(27)20-4)5-11(7-25)15(28)22-9-26-8-21-12-13(26)23-17(30)24-16(12)29/h8,10-11H,5-7,9H2,1-4H3,(H,20,27)(H,22,28)(H2,23,24,29,30)/t10-,11+/m1/s1. The molecule has 4 N–H and O–H groups in total. The SMILES string of the molecule is CNC(=O)[C@@H]1C[C@H](C(=O)NCn2cnc3c(=O)[nH]c(=O)[nH]c32)CN(C(=O)OC(C)(C)C)C1. The van der Waals surface area contributed by atoms with E-state index in [1.54, 1.807) is 20.8 Å². The van der Waals surface area contributed by atoms with Crippen LogP contribution in [0.1, 0.15) is 27.2 Å². The van der Waals surface area contributed by atoms with Crippen molar-refractivity contribution in [2.75, 3.05) is 20.1 Å². The second-order valence-electron chi connectivity index (χ2n) is 8.65. The maximum Gasteiger partial charge on any atom is 0.410 e. The van der Waals surface area contributed by atoms with Crippen LogP contribution >= 0.6 is 0 Å². The molecule has 0 aromatic carbocycles. The van der Waals surface area contributed by atoms with Crippen molar-refractivity contribution in [3.8, 4) is 0 Å². The summed E-state index contributed by atoms with van der Waals surface area (Å²) in [5.74, 6) is -1.88. The van der Waals surface area contributed by atoms with E-state index in [0.717, 1.165) is 0 Å². The van der Waals surface area contributed by atoms with Gasteiger partial charge < -0.3 is 20.3 Å². The third kappa shape index (κ3) is 5.15. The van der Waals surface area contributed by atoms with Crippen LogP contribution in [0.25, 0.3) is 11.2 Å². The maximum atomic E-state index is 12.9. The molecule has 1 fully saturated rings. The number of carbonyl (C=O) groups excluding carboxylic acids is 3. The molecule has 3 rings (SSSR count). The third-order valence-electron chi connectivity index (χ3n) is 5.03. The van der Waals surface area contributed by atoms with Crippen LogP contribution in [0.3, 0.4) is 0 Å². The van der Waals surface area contributed by atoms with Crippen molar-refractivity contribution >= 4 is 29.1 Å². The third-order valence-corrected chi connectivity index (χ3v) is 5.03. The molecule has 0 spiro atoms. The average molecular weight is 449 g/mol. The van der Waals surface area contributed by atoms with E-state index in [2.05, 4.69) is 25.6 Å². The van der Waals surface area contributed by atoms with E-state index in [1.165, 1.54) is 22.8 Å². The highest BCUT2D eigenvalue weighted by Gasteiger charge is 2.38. The molecule has 0 unspecified atom stereocenters. The number of piperidine rings is 1. The van der Waals surface area contributed by atoms with Crippen molar-refractivity contribution in [1.29, 1.82) is 0 Å². The predicted molar refractivity (Wildman–Crippen MR) is 113 cm³/mol. The minimum absolute atomic E-state index is 0.0345. The van der Waals surface area contributed by atoms with Gasteiger partial charge in [-0.2, -0.15) is 0 Å². The smallest absolute Gasteiger partial charge is 0.410 e. The number of nitrogens with zero attached hydrogens (tertiary/aromatic N) is 3. The summed E-state index contributed by atoms with van der Waals surface area (Å²) in [4.78, 5) is 70.9. The first-order valence-corrected chi connectivity index (χ1v) is 10.1. The summed E-state index contributed by atoms with van der Waals surface area (Å²) in [7, 11) is 1.50. The van der Waals surface area contributed by atoms with Gasteiger partial charge in [-0.3, -0.25) is 28.9 Å². The molecule has 3 amide bonds. The van der Waals surface area contributed by atoms with Gasteiger partial charge in [0.2, 0.25) is 11.8 Å². The summed E-state index contributed by atoms with van der Waals surface area (Å²) in [6.07, 6.45) is 0.977. The molecule has 1 aliphatic rings. The highest BCUT2D eigenvalue weighted by molar-refractivity contribution is 5.84. The van der Waals surface area contributed by atoms with Gasteiger partial charge in [-0.15, -0.1) is 0 Å². The molecule has 2 atom stereocenters. The average Bonchev–Trinajstić information content (AvgIpc) is 3.12. The number of imidazole rings is 1. The summed E-state index contributed by atoms with van der Waals surface area (Å²) in [5, 5.41) is 5.27. The zero-order chi connectivity index (χ0) is 23.6. The Bertz CT molecular complexity index is 1140. The van der Waals surface area contributed by atoms with Gasteiger partial charge in [0.15, 0.2) is 5.52 Å². The van der Waals surface area contributed by atoms with Crippen LogP contribution in [0.2, 0.25) is 0 Å². The van der Waals surface area contributed by atoms with Crippen molar-refractivity contribution in [2.45, 2.75) is 39.5 Å². The monoisotopic (exact) mass is 449 g/mol. The fourth-order valence-corrected chi connectivity index (χ4v) is 3.57. The van der Waals surface area contributed by atoms with Crippen LogP contribution in [-0.4, -0.2) is 68.1 Å². The maximum absolute atomic E-state index is 12.9. The van der Waals surface area contributed by atoms with Gasteiger partial charge in [0.05, 0.1) is 24.8 Å². The Balaban J connectivity index is 1.74. The Kier molecular flexibility index (Phi) is 6.37. The van der Waals surface area contributed by atoms with Gasteiger partial charge in [-0.1, -0.05) is 0 Å². The largest absolute Gasteiger partial charge is 0.444 e. The van der Waals surface area contributed by atoms with Gasteiger partial charge in [0.1, 0.15) is 11.2 Å². The Labute approximate surface area is 182 Å². The lowest BCUT2D eigenvalue weighted by atomic mass is 9.88. The van der Waals surface area contributed by atoms with E-state index >= 15 is 0 Å². The first-order chi connectivity index (χ1) is 15.0.